The summed E-state index contributed by atoms with van der Waals surface area (Å²) < 4.78 is 43.0. The van der Waals surface area contributed by atoms with Crippen molar-refractivity contribution < 1.29 is 32.6 Å². The predicted octanol–water partition coefficient (Wildman–Crippen LogP) is 2.68. The van der Waals surface area contributed by atoms with Crippen LogP contribution in [0.5, 0.6) is 0 Å². The second-order valence-electron chi connectivity index (χ2n) is 5.67. The first-order valence-corrected chi connectivity index (χ1v) is 7.54. The zero-order chi connectivity index (χ0) is 17.7. The highest BCUT2D eigenvalue weighted by Gasteiger charge is 2.39. The van der Waals surface area contributed by atoms with Crippen molar-refractivity contribution in [3.63, 3.8) is 0 Å². The average molecular weight is 345 g/mol. The zero-order valence-corrected chi connectivity index (χ0v) is 12.8. The first-order chi connectivity index (χ1) is 11.3. The van der Waals surface area contributed by atoms with Crippen molar-refractivity contribution in [3.8, 4) is 0 Å². The van der Waals surface area contributed by atoms with Gasteiger partial charge >= 0.3 is 12.1 Å². The molecule has 2 rings (SSSR count). The zero-order valence-electron chi connectivity index (χ0n) is 12.8. The molecule has 1 amide bonds. The van der Waals surface area contributed by atoms with E-state index in [9.17, 15) is 22.8 Å². The molecule has 2 N–H and O–H groups in total. The summed E-state index contributed by atoms with van der Waals surface area (Å²) in [5, 5.41) is 10.9. The summed E-state index contributed by atoms with van der Waals surface area (Å²) in [5.74, 6) is -3.18. The SMILES string of the molecule is O=C(O)C(CC(F)(F)F)NC(=O)C1CCCOC1c1ccccc1. The summed E-state index contributed by atoms with van der Waals surface area (Å²) in [4.78, 5) is 23.4. The van der Waals surface area contributed by atoms with E-state index in [1.807, 2.05) is 5.32 Å². The number of alkyl halides is 3. The number of carbonyl (C=O) groups is 2. The second kappa shape index (κ2) is 7.65. The molecule has 0 bridgehead atoms. The molecule has 0 radical (unpaired) electrons. The average Bonchev–Trinajstić information content (AvgIpc) is 2.53. The van der Waals surface area contributed by atoms with Gasteiger partial charge in [-0.2, -0.15) is 13.2 Å². The van der Waals surface area contributed by atoms with Gasteiger partial charge in [0.25, 0.3) is 0 Å². The van der Waals surface area contributed by atoms with E-state index in [0.717, 1.165) is 5.56 Å². The van der Waals surface area contributed by atoms with E-state index in [2.05, 4.69) is 0 Å². The summed E-state index contributed by atoms with van der Waals surface area (Å²) in [5.41, 5.74) is 0.736. The van der Waals surface area contributed by atoms with Crippen molar-refractivity contribution >= 4 is 11.9 Å². The maximum absolute atomic E-state index is 12.5. The van der Waals surface area contributed by atoms with E-state index < -0.39 is 42.5 Å². The minimum Gasteiger partial charge on any atom is -0.480 e. The maximum Gasteiger partial charge on any atom is 0.391 e. The molecule has 0 saturated carbocycles. The van der Waals surface area contributed by atoms with Crippen LogP contribution in [0.1, 0.15) is 30.9 Å². The fourth-order valence-electron chi connectivity index (χ4n) is 2.73. The molecule has 1 saturated heterocycles. The fraction of sp³-hybridized carbons (Fsp3) is 0.500. The van der Waals surface area contributed by atoms with Gasteiger partial charge in [-0.15, -0.1) is 0 Å². The number of hydrogen-bond donors (Lipinski definition) is 2. The van der Waals surface area contributed by atoms with Crippen molar-refractivity contribution in [3.05, 3.63) is 35.9 Å². The van der Waals surface area contributed by atoms with Gasteiger partial charge in [0.05, 0.1) is 18.4 Å². The van der Waals surface area contributed by atoms with Crippen LogP contribution in [-0.4, -0.2) is 35.8 Å². The third-order valence-electron chi connectivity index (χ3n) is 3.84. The number of carboxylic acid groups (broad SMARTS) is 1. The van der Waals surface area contributed by atoms with Crippen molar-refractivity contribution in [1.82, 2.24) is 5.32 Å². The van der Waals surface area contributed by atoms with Crippen LogP contribution in [0, 0.1) is 5.92 Å². The molecule has 1 heterocycles. The van der Waals surface area contributed by atoms with Crippen molar-refractivity contribution in [1.29, 1.82) is 0 Å². The monoisotopic (exact) mass is 345 g/mol. The van der Waals surface area contributed by atoms with Crippen molar-refractivity contribution in [2.45, 2.75) is 37.6 Å². The lowest BCUT2D eigenvalue weighted by molar-refractivity contribution is -0.161. The summed E-state index contributed by atoms with van der Waals surface area (Å²) >= 11 is 0. The van der Waals surface area contributed by atoms with E-state index >= 15 is 0 Å². The summed E-state index contributed by atoms with van der Waals surface area (Å²) in [6.07, 6.45) is -5.89. The number of nitrogens with one attached hydrogen (secondary N) is 1. The number of ether oxygens (including phenoxy) is 1. The van der Waals surface area contributed by atoms with Crippen LogP contribution in [0.15, 0.2) is 30.3 Å². The van der Waals surface area contributed by atoms with Gasteiger partial charge in [-0.05, 0) is 18.4 Å². The first-order valence-electron chi connectivity index (χ1n) is 7.54. The van der Waals surface area contributed by atoms with Gasteiger partial charge in [-0.3, -0.25) is 4.79 Å². The molecule has 0 aromatic heterocycles. The van der Waals surface area contributed by atoms with E-state index in [1.54, 1.807) is 30.3 Å². The Bertz CT molecular complexity index is 576. The largest absolute Gasteiger partial charge is 0.480 e. The standard InChI is InChI=1S/C16H18F3NO4/c17-16(18,19)9-12(15(22)23)20-14(21)11-7-4-8-24-13(11)10-5-2-1-3-6-10/h1-3,5-6,11-13H,4,7-9H2,(H,20,21)(H,22,23). The van der Waals surface area contributed by atoms with Crippen LogP contribution in [0.25, 0.3) is 0 Å². The lowest BCUT2D eigenvalue weighted by Crippen LogP contribution is -2.47. The molecule has 3 atom stereocenters. The molecule has 1 aromatic rings. The minimum atomic E-state index is -4.68. The van der Waals surface area contributed by atoms with E-state index in [0.29, 0.717) is 19.4 Å². The Morgan fingerprint density at radius 1 is 1.29 bits per heavy atom. The number of rotatable bonds is 5. The molecule has 1 aliphatic heterocycles. The second-order valence-corrected chi connectivity index (χ2v) is 5.67. The Labute approximate surface area is 136 Å². The van der Waals surface area contributed by atoms with Crippen LogP contribution in [0.3, 0.4) is 0 Å². The lowest BCUT2D eigenvalue weighted by Gasteiger charge is -2.32. The van der Waals surface area contributed by atoms with Crippen LogP contribution < -0.4 is 5.32 Å². The highest BCUT2D eigenvalue weighted by atomic mass is 19.4. The molecule has 24 heavy (non-hydrogen) atoms. The molecule has 3 unspecified atom stereocenters. The highest BCUT2D eigenvalue weighted by molar-refractivity contribution is 5.85. The maximum atomic E-state index is 12.5. The number of amides is 1. The smallest absolute Gasteiger partial charge is 0.391 e. The number of carboxylic acids is 1. The number of carbonyl (C=O) groups excluding carboxylic acids is 1. The number of halogens is 3. The van der Waals surface area contributed by atoms with Gasteiger partial charge in [0.2, 0.25) is 5.91 Å². The summed E-state index contributed by atoms with van der Waals surface area (Å²) in [7, 11) is 0. The van der Waals surface area contributed by atoms with E-state index in [4.69, 9.17) is 9.84 Å². The fourth-order valence-corrected chi connectivity index (χ4v) is 2.73. The normalized spacial score (nSPS) is 22.6. The van der Waals surface area contributed by atoms with Crippen LogP contribution >= 0.6 is 0 Å². The van der Waals surface area contributed by atoms with E-state index in [-0.39, 0.29) is 0 Å². The Hall–Kier alpha value is -2.09. The van der Waals surface area contributed by atoms with Gasteiger partial charge in [-0.25, -0.2) is 4.79 Å². The van der Waals surface area contributed by atoms with Crippen LogP contribution in [-0.2, 0) is 14.3 Å². The number of aliphatic carboxylic acids is 1. The van der Waals surface area contributed by atoms with Gasteiger partial charge in [0, 0.05) is 6.61 Å². The topological polar surface area (TPSA) is 75.6 Å². The molecular formula is C16H18F3NO4. The number of benzene rings is 1. The van der Waals surface area contributed by atoms with Gasteiger partial charge in [0.1, 0.15) is 6.04 Å². The molecule has 1 aromatic carbocycles. The Kier molecular flexibility index (Phi) is 5.82. The van der Waals surface area contributed by atoms with Gasteiger partial charge in [-0.1, -0.05) is 30.3 Å². The Morgan fingerprint density at radius 3 is 2.54 bits per heavy atom. The quantitative estimate of drug-likeness (QED) is 0.860. The Morgan fingerprint density at radius 2 is 1.96 bits per heavy atom. The molecule has 8 heteroatoms. The third-order valence-corrected chi connectivity index (χ3v) is 3.84. The third kappa shape index (κ3) is 4.95. The molecule has 1 fully saturated rings. The molecule has 1 aliphatic rings. The highest BCUT2D eigenvalue weighted by Crippen LogP contribution is 2.34. The predicted molar refractivity (Wildman–Crippen MR) is 78.1 cm³/mol. The Balaban J connectivity index is 2.12. The summed E-state index contributed by atoms with van der Waals surface area (Å²) in [6.45, 7) is 0.439. The first kappa shape index (κ1) is 18.3. The van der Waals surface area contributed by atoms with Crippen LogP contribution in [0.2, 0.25) is 0 Å². The van der Waals surface area contributed by atoms with Gasteiger partial charge in [0.15, 0.2) is 0 Å². The van der Waals surface area contributed by atoms with Crippen molar-refractivity contribution in [2.24, 2.45) is 5.92 Å². The molecular weight excluding hydrogens is 327 g/mol. The molecule has 0 aliphatic carbocycles. The molecule has 0 spiro atoms. The van der Waals surface area contributed by atoms with Crippen molar-refractivity contribution in [2.75, 3.05) is 6.61 Å². The summed E-state index contributed by atoms with van der Waals surface area (Å²) in [6, 6.07) is 6.86. The molecule has 132 valence electrons. The van der Waals surface area contributed by atoms with E-state index in [1.165, 1.54) is 0 Å². The minimum absolute atomic E-state index is 0.420. The van der Waals surface area contributed by atoms with Crippen LogP contribution in [0.4, 0.5) is 13.2 Å². The lowest BCUT2D eigenvalue weighted by atomic mass is 9.88. The molecule has 5 nitrogen and oxygen atoms in total. The number of hydrogen-bond acceptors (Lipinski definition) is 3. The van der Waals surface area contributed by atoms with Gasteiger partial charge < -0.3 is 15.2 Å².